The van der Waals surface area contributed by atoms with Gasteiger partial charge in [-0.2, -0.15) is 0 Å². The second-order valence-electron chi connectivity index (χ2n) is 5.15. The lowest BCUT2D eigenvalue weighted by atomic mass is 9.80. The van der Waals surface area contributed by atoms with Crippen molar-refractivity contribution < 1.29 is 9.18 Å². The van der Waals surface area contributed by atoms with Crippen LogP contribution in [0.15, 0.2) is 54.6 Å². The van der Waals surface area contributed by atoms with E-state index in [0.717, 1.165) is 12.0 Å². The van der Waals surface area contributed by atoms with E-state index in [1.165, 1.54) is 12.1 Å². The second kappa shape index (κ2) is 6.47. The highest BCUT2D eigenvalue weighted by atomic mass is 19.1. The van der Waals surface area contributed by atoms with Crippen LogP contribution in [0, 0.1) is 11.7 Å². The summed E-state index contributed by atoms with van der Waals surface area (Å²) in [4.78, 5) is 12.7. The molecule has 0 aliphatic heterocycles. The molecule has 0 heterocycles. The first-order chi connectivity index (χ1) is 9.63. The van der Waals surface area contributed by atoms with Crippen molar-refractivity contribution in [2.24, 2.45) is 5.92 Å². The average molecular weight is 270 g/mol. The van der Waals surface area contributed by atoms with E-state index in [-0.39, 0.29) is 23.4 Å². The number of hydrogen-bond acceptors (Lipinski definition) is 1. The molecule has 2 unspecified atom stereocenters. The lowest BCUT2D eigenvalue weighted by molar-refractivity contribution is 0.0932. The van der Waals surface area contributed by atoms with Crippen molar-refractivity contribution in [1.82, 2.24) is 0 Å². The summed E-state index contributed by atoms with van der Waals surface area (Å²) in [6, 6.07) is 15.6. The molecule has 2 aromatic carbocycles. The lowest BCUT2D eigenvalue weighted by Crippen LogP contribution is -2.20. The predicted octanol–water partition coefficient (Wildman–Crippen LogP) is 4.84. The minimum atomic E-state index is -0.318. The number of benzene rings is 2. The summed E-state index contributed by atoms with van der Waals surface area (Å²) in [5.41, 5.74) is 1.59. The molecule has 2 heteroatoms. The normalized spacial score (nSPS) is 13.8. The molecule has 1 nitrogen and oxygen atoms in total. The zero-order valence-electron chi connectivity index (χ0n) is 11.8. The van der Waals surface area contributed by atoms with Crippen LogP contribution < -0.4 is 0 Å². The van der Waals surface area contributed by atoms with E-state index >= 15 is 0 Å². The molecular formula is C18H19FO. The number of halogens is 1. The predicted molar refractivity (Wildman–Crippen MR) is 79.4 cm³/mol. The molecule has 0 saturated carbocycles. The Labute approximate surface area is 119 Å². The van der Waals surface area contributed by atoms with E-state index in [9.17, 15) is 9.18 Å². The summed E-state index contributed by atoms with van der Waals surface area (Å²) in [5, 5.41) is 0. The van der Waals surface area contributed by atoms with Gasteiger partial charge >= 0.3 is 0 Å². The van der Waals surface area contributed by atoms with E-state index in [0.29, 0.717) is 5.56 Å². The number of ketones is 1. The molecular weight excluding hydrogens is 251 g/mol. The van der Waals surface area contributed by atoms with Gasteiger partial charge in [-0.15, -0.1) is 0 Å². The van der Waals surface area contributed by atoms with Crippen LogP contribution in [0.3, 0.4) is 0 Å². The zero-order valence-corrected chi connectivity index (χ0v) is 11.8. The Morgan fingerprint density at radius 3 is 2.20 bits per heavy atom. The van der Waals surface area contributed by atoms with Crippen LogP contribution in [0.2, 0.25) is 0 Å². The number of rotatable bonds is 5. The van der Waals surface area contributed by atoms with Crippen LogP contribution in [-0.2, 0) is 0 Å². The third-order valence-corrected chi connectivity index (χ3v) is 3.78. The molecule has 20 heavy (non-hydrogen) atoms. The van der Waals surface area contributed by atoms with Crippen molar-refractivity contribution in [3.05, 3.63) is 71.5 Å². The summed E-state index contributed by atoms with van der Waals surface area (Å²) in [6.45, 7) is 4.16. The third kappa shape index (κ3) is 3.13. The Kier molecular flexibility index (Phi) is 4.67. The van der Waals surface area contributed by atoms with Gasteiger partial charge in [0.2, 0.25) is 0 Å². The van der Waals surface area contributed by atoms with Crippen LogP contribution in [0.5, 0.6) is 0 Å². The summed E-state index contributed by atoms with van der Waals surface area (Å²) in [5.74, 6) is -0.187. The molecule has 0 saturated heterocycles. The Bertz CT molecular complexity index is 560. The quantitative estimate of drug-likeness (QED) is 0.711. The first-order valence-electron chi connectivity index (χ1n) is 6.98. The molecule has 0 aliphatic carbocycles. The molecule has 0 N–H and O–H groups in total. The maximum absolute atomic E-state index is 13.0. The van der Waals surface area contributed by atoms with E-state index in [1.807, 2.05) is 30.3 Å². The fourth-order valence-electron chi connectivity index (χ4n) is 2.43. The summed E-state index contributed by atoms with van der Waals surface area (Å²) in [7, 11) is 0. The van der Waals surface area contributed by atoms with E-state index in [4.69, 9.17) is 0 Å². The van der Waals surface area contributed by atoms with E-state index in [2.05, 4.69) is 13.8 Å². The van der Waals surface area contributed by atoms with Crippen LogP contribution in [0.1, 0.15) is 42.1 Å². The lowest BCUT2D eigenvalue weighted by Gasteiger charge is -2.22. The molecule has 0 amide bonds. The van der Waals surface area contributed by atoms with Gasteiger partial charge in [0.15, 0.2) is 5.78 Å². The van der Waals surface area contributed by atoms with Crippen molar-refractivity contribution in [3.8, 4) is 0 Å². The van der Waals surface area contributed by atoms with Gasteiger partial charge < -0.3 is 0 Å². The minimum Gasteiger partial charge on any atom is -0.293 e. The van der Waals surface area contributed by atoms with Crippen molar-refractivity contribution >= 4 is 5.78 Å². The Balaban J connectivity index is 2.36. The summed E-state index contributed by atoms with van der Waals surface area (Å²) < 4.78 is 13.0. The largest absolute Gasteiger partial charge is 0.293 e. The van der Waals surface area contributed by atoms with Crippen LogP contribution in [-0.4, -0.2) is 5.78 Å². The van der Waals surface area contributed by atoms with Crippen molar-refractivity contribution in [1.29, 1.82) is 0 Å². The molecule has 0 spiro atoms. The smallest absolute Gasteiger partial charge is 0.170 e. The Morgan fingerprint density at radius 2 is 1.65 bits per heavy atom. The first kappa shape index (κ1) is 14.4. The highest BCUT2D eigenvalue weighted by Crippen LogP contribution is 2.30. The van der Waals surface area contributed by atoms with Gasteiger partial charge in [-0.3, -0.25) is 4.79 Å². The standard InChI is InChI=1S/C18H19FO/c1-3-13(2)17(14-7-5-4-6-8-14)18(20)15-9-11-16(19)12-10-15/h4-13,17H,3H2,1-2H3. The number of Topliss-reactive ketones (excluding diaryl/α,β-unsaturated/α-hetero) is 1. The SMILES string of the molecule is CCC(C)C(C(=O)c1ccc(F)cc1)c1ccccc1. The van der Waals surface area contributed by atoms with Crippen LogP contribution >= 0.6 is 0 Å². The van der Waals surface area contributed by atoms with E-state index < -0.39 is 0 Å². The number of carbonyl (C=O) groups excluding carboxylic acids is 1. The number of hydrogen-bond donors (Lipinski definition) is 0. The monoisotopic (exact) mass is 270 g/mol. The summed E-state index contributed by atoms with van der Waals surface area (Å²) in [6.07, 6.45) is 0.923. The fourth-order valence-corrected chi connectivity index (χ4v) is 2.43. The molecule has 0 aromatic heterocycles. The molecule has 0 aliphatic rings. The minimum absolute atomic E-state index is 0.0607. The van der Waals surface area contributed by atoms with Gasteiger partial charge in [0.25, 0.3) is 0 Å². The van der Waals surface area contributed by atoms with Gasteiger partial charge in [0.05, 0.1) is 0 Å². The highest BCUT2D eigenvalue weighted by Gasteiger charge is 2.26. The van der Waals surface area contributed by atoms with Gasteiger partial charge in [-0.25, -0.2) is 4.39 Å². The summed E-state index contributed by atoms with van der Waals surface area (Å²) >= 11 is 0. The van der Waals surface area contributed by atoms with Crippen molar-refractivity contribution in [2.75, 3.05) is 0 Å². The van der Waals surface area contributed by atoms with Crippen molar-refractivity contribution in [2.45, 2.75) is 26.2 Å². The van der Waals surface area contributed by atoms with Gasteiger partial charge in [-0.05, 0) is 35.7 Å². The molecule has 2 atom stereocenters. The van der Waals surface area contributed by atoms with Crippen LogP contribution in [0.4, 0.5) is 4.39 Å². The average Bonchev–Trinajstić information content (AvgIpc) is 2.49. The zero-order chi connectivity index (χ0) is 14.5. The molecule has 2 aromatic rings. The molecule has 0 bridgehead atoms. The topological polar surface area (TPSA) is 17.1 Å². The maximum atomic E-state index is 13.0. The van der Waals surface area contributed by atoms with Gasteiger partial charge in [0.1, 0.15) is 5.82 Å². The molecule has 104 valence electrons. The second-order valence-corrected chi connectivity index (χ2v) is 5.15. The maximum Gasteiger partial charge on any atom is 0.170 e. The van der Waals surface area contributed by atoms with Gasteiger partial charge in [-0.1, -0.05) is 50.6 Å². The fraction of sp³-hybridized carbons (Fsp3) is 0.278. The molecule has 0 radical (unpaired) electrons. The highest BCUT2D eigenvalue weighted by molar-refractivity contribution is 6.01. The van der Waals surface area contributed by atoms with E-state index in [1.54, 1.807) is 12.1 Å². The van der Waals surface area contributed by atoms with Gasteiger partial charge in [0, 0.05) is 11.5 Å². The van der Waals surface area contributed by atoms with Crippen LogP contribution in [0.25, 0.3) is 0 Å². The molecule has 2 rings (SSSR count). The molecule has 0 fully saturated rings. The Morgan fingerprint density at radius 1 is 1.05 bits per heavy atom. The third-order valence-electron chi connectivity index (χ3n) is 3.78. The Hall–Kier alpha value is -1.96. The first-order valence-corrected chi connectivity index (χ1v) is 6.98. The number of carbonyl (C=O) groups is 1. The van der Waals surface area contributed by atoms with Crippen molar-refractivity contribution in [3.63, 3.8) is 0 Å².